The van der Waals surface area contributed by atoms with Crippen molar-refractivity contribution in [2.45, 2.75) is 13.8 Å². The summed E-state index contributed by atoms with van der Waals surface area (Å²) < 4.78 is 22.5. The molecule has 1 aromatic carbocycles. The molecule has 0 saturated carbocycles. The van der Waals surface area contributed by atoms with Crippen molar-refractivity contribution in [1.82, 2.24) is 0 Å². The minimum absolute atomic E-state index is 0.0415. The maximum Gasteiger partial charge on any atom is 0.350 e. The lowest BCUT2D eigenvalue weighted by Crippen LogP contribution is -1.97. The first-order chi connectivity index (χ1) is 7.59. The number of phenols is 1. The molecule has 6 heteroatoms. The predicted molar refractivity (Wildman–Crippen MR) is 66.9 cm³/mol. The fourth-order valence-electron chi connectivity index (χ4n) is 1.14. The van der Waals surface area contributed by atoms with Crippen molar-refractivity contribution in [2.24, 2.45) is 0 Å². The lowest BCUT2D eigenvalue weighted by molar-refractivity contribution is 0.236. The van der Waals surface area contributed by atoms with Crippen molar-refractivity contribution >= 4 is 20.9 Å². The second-order valence-electron chi connectivity index (χ2n) is 2.99. The molecule has 0 fully saturated rings. The lowest BCUT2D eigenvalue weighted by atomic mass is 10.3. The van der Waals surface area contributed by atoms with E-state index in [2.05, 4.69) is 0 Å². The first-order valence-corrected chi connectivity index (χ1v) is 8.44. The average molecular weight is 262 g/mol. The predicted octanol–water partition coefficient (Wildman–Crippen LogP) is 2.88. The summed E-state index contributed by atoms with van der Waals surface area (Å²) in [5.74, 6) is 0.191. The lowest BCUT2D eigenvalue weighted by Gasteiger charge is -2.16. The average Bonchev–Trinajstić information content (AvgIpc) is 2.22. The van der Waals surface area contributed by atoms with Crippen LogP contribution in [0.15, 0.2) is 24.3 Å². The standard InChI is InChI=1S/C10H16O4P2/c1-3-13-16(12,14-4-2)15-10-7-5-9(11)6-8-10/h5-8,11,15H,3-4H2,1-2H3. The Kier molecular flexibility index (Phi) is 5.43. The van der Waals surface area contributed by atoms with Crippen LogP contribution in [0.3, 0.4) is 0 Å². The van der Waals surface area contributed by atoms with Gasteiger partial charge in [-0.25, -0.2) is 0 Å². The normalized spacial score (nSPS) is 12.4. The molecule has 0 heterocycles. The first-order valence-electron chi connectivity index (χ1n) is 5.06. The summed E-state index contributed by atoms with van der Waals surface area (Å²) in [5, 5.41) is 9.98. The van der Waals surface area contributed by atoms with E-state index in [0.717, 1.165) is 5.30 Å². The monoisotopic (exact) mass is 262 g/mol. The van der Waals surface area contributed by atoms with E-state index in [0.29, 0.717) is 13.2 Å². The molecule has 0 aliphatic rings. The van der Waals surface area contributed by atoms with Crippen LogP contribution in [0, 0.1) is 0 Å². The highest BCUT2D eigenvalue weighted by molar-refractivity contribution is 8.23. The molecule has 0 amide bonds. The molecule has 1 unspecified atom stereocenters. The van der Waals surface area contributed by atoms with Gasteiger partial charge < -0.3 is 14.2 Å². The van der Waals surface area contributed by atoms with Gasteiger partial charge >= 0.3 is 7.28 Å². The molecular weight excluding hydrogens is 246 g/mol. The number of hydrogen-bond donors (Lipinski definition) is 1. The molecule has 90 valence electrons. The molecule has 4 nitrogen and oxygen atoms in total. The van der Waals surface area contributed by atoms with Crippen molar-refractivity contribution in [1.29, 1.82) is 0 Å². The number of phenolic OH excluding ortho intramolecular Hbond substituents is 1. The van der Waals surface area contributed by atoms with Gasteiger partial charge in [-0.1, -0.05) is 12.1 Å². The van der Waals surface area contributed by atoms with E-state index in [1.807, 2.05) is 0 Å². The summed E-state index contributed by atoms with van der Waals surface area (Å²) in [4.78, 5) is 0. The summed E-state index contributed by atoms with van der Waals surface area (Å²) in [5.41, 5.74) is 0. The Balaban J connectivity index is 2.75. The number of hydrogen-bond acceptors (Lipinski definition) is 4. The molecule has 1 aromatic rings. The molecule has 0 aliphatic heterocycles. The van der Waals surface area contributed by atoms with E-state index in [1.54, 1.807) is 38.1 Å². The Bertz CT molecular complexity index is 354. The van der Waals surface area contributed by atoms with Gasteiger partial charge in [0, 0.05) is 8.27 Å². The Morgan fingerprint density at radius 1 is 1.19 bits per heavy atom. The quantitative estimate of drug-likeness (QED) is 0.801. The fraction of sp³-hybridized carbons (Fsp3) is 0.400. The van der Waals surface area contributed by atoms with Gasteiger partial charge in [0.25, 0.3) is 0 Å². The minimum atomic E-state index is -3.01. The largest absolute Gasteiger partial charge is 0.508 e. The third kappa shape index (κ3) is 4.23. The van der Waals surface area contributed by atoms with Gasteiger partial charge in [0.15, 0.2) is 0 Å². The van der Waals surface area contributed by atoms with Crippen LogP contribution in [0.5, 0.6) is 5.75 Å². The highest BCUT2D eigenvalue weighted by Crippen LogP contribution is 2.64. The molecule has 0 spiro atoms. The topological polar surface area (TPSA) is 55.8 Å². The second kappa shape index (κ2) is 6.36. The van der Waals surface area contributed by atoms with E-state index in [-0.39, 0.29) is 14.0 Å². The molecule has 1 rings (SSSR count). The van der Waals surface area contributed by atoms with Gasteiger partial charge in [-0.3, -0.25) is 4.57 Å². The molecule has 0 aliphatic carbocycles. The van der Waals surface area contributed by atoms with Crippen LogP contribution in [-0.4, -0.2) is 18.3 Å². The summed E-state index contributed by atoms with van der Waals surface area (Å²) in [6.45, 7) is 4.30. The molecule has 0 saturated heterocycles. The van der Waals surface area contributed by atoms with E-state index < -0.39 is 7.28 Å². The first kappa shape index (κ1) is 13.7. The Labute approximate surface area is 97.2 Å². The molecule has 1 N–H and O–H groups in total. The van der Waals surface area contributed by atoms with Crippen LogP contribution >= 0.6 is 15.6 Å². The number of benzene rings is 1. The third-order valence-electron chi connectivity index (χ3n) is 1.73. The SMILES string of the molecule is CCOP(=O)(OCC)Pc1ccc(O)cc1. The van der Waals surface area contributed by atoms with Gasteiger partial charge in [-0.15, -0.1) is 0 Å². The molecule has 0 radical (unpaired) electrons. The number of rotatable bonds is 6. The second-order valence-corrected chi connectivity index (χ2v) is 7.62. The van der Waals surface area contributed by atoms with Crippen LogP contribution in [0.1, 0.15) is 13.8 Å². The number of aromatic hydroxyl groups is 1. The summed E-state index contributed by atoms with van der Waals surface area (Å²) in [6.07, 6.45) is 0. The van der Waals surface area contributed by atoms with Crippen molar-refractivity contribution in [3.8, 4) is 5.75 Å². The Hall–Kier alpha value is -0.400. The maximum atomic E-state index is 12.2. The molecule has 1 atom stereocenters. The smallest absolute Gasteiger partial charge is 0.350 e. The van der Waals surface area contributed by atoms with Gasteiger partial charge in [0.1, 0.15) is 5.75 Å². The highest BCUT2D eigenvalue weighted by atomic mass is 32.1. The summed E-state index contributed by atoms with van der Waals surface area (Å²) in [6, 6.07) is 6.56. The van der Waals surface area contributed by atoms with E-state index in [1.165, 1.54) is 0 Å². The fourth-order valence-corrected chi connectivity index (χ4v) is 5.21. The van der Waals surface area contributed by atoms with Gasteiger partial charge in [0.2, 0.25) is 0 Å². The van der Waals surface area contributed by atoms with Crippen LogP contribution < -0.4 is 5.30 Å². The molecule has 0 aromatic heterocycles. The zero-order valence-electron chi connectivity index (χ0n) is 9.34. The Morgan fingerprint density at radius 2 is 1.69 bits per heavy atom. The van der Waals surface area contributed by atoms with Crippen LogP contribution in [0.25, 0.3) is 0 Å². The van der Waals surface area contributed by atoms with Crippen molar-refractivity contribution in [3.05, 3.63) is 24.3 Å². The van der Waals surface area contributed by atoms with Crippen molar-refractivity contribution in [3.63, 3.8) is 0 Å². The molecule has 0 bridgehead atoms. The van der Waals surface area contributed by atoms with Crippen molar-refractivity contribution < 1.29 is 18.7 Å². The molecule has 16 heavy (non-hydrogen) atoms. The van der Waals surface area contributed by atoms with E-state index >= 15 is 0 Å². The minimum Gasteiger partial charge on any atom is -0.508 e. The van der Waals surface area contributed by atoms with Crippen LogP contribution in [0.4, 0.5) is 0 Å². The van der Waals surface area contributed by atoms with E-state index in [4.69, 9.17) is 14.2 Å². The molecular formula is C10H16O4P2. The van der Waals surface area contributed by atoms with Crippen LogP contribution in [-0.2, 0) is 13.6 Å². The maximum absolute atomic E-state index is 12.2. The third-order valence-corrected chi connectivity index (χ3v) is 6.16. The Morgan fingerprint density at radius 3 is 2.12 bits per heavy atom. The van der Waals surface area contributed by atoms with Crippen LogP contribution in [0.2, 0.25) is 0 Å². The van der Waals surface area contributed by atoms with E-state index in [9.17, 15) is 4.57 Å². The summed E-state index contributed by atoms with van der Waals surface area (Å²) >= 11 is 0. The zero-order valence-corrected chi connectivity index (χ0v) is 11.2. The van der Waals surface area contributed by atoms with Gasteiger partial charge in [-0.2, -0.15) is 0 Å². The zero-order chi connectivity index (χ0) is 12.0. The van der Waals surface area contributed by atoms with Crippen molar-refractivity contribution in [2.75, 3.05) is 13.2 Å². The summed E-state index contributed by atoms with van der Waals surface area (Å²) in [7, 11) is -3.05. The van der Waals surface area contributed by atoms with Gasteiger partial charge in [0.05, 0.1) is 13.2 Å². The highest BCUT2D eigenvalue weighted by Gasteiger charge is 2.23. The van der Waals surface area contributed by atoms with Gasteiger partial charge in [-0.05, 0) is 31.3 Å².